The number of carbonyl (C=O) groups is 1. The maximum atomic E-state index is 13.0. The summed E-state index contributed by atoms with van der Waals surface area (Å²) in [6, 6.07) is 13.8. The van der Waals surface area contributed by atoms with Gasteiger partial charge in [-0.25, -0.2) is 4.79 Å². The van der Waals surface area contributed by atoms with E-state index in [4.69, 9.17) is 9.47 Å². The van der Waals surface area contributed by atoms with Crippen LogP contribution < -0.4 is 14.4 Å². The van der Waals surface area contributed by atoms with Gasteiger partial charge in [-0.1, -0.05) is 18.2 Å². The van der Waals surface area contributed by atoms with Crippen molar-refractivity contribution in [1.82, 2.24) is 15.1 Å². The number of aromatic amines is 1. The van der Waals surface area contributed by atoms with Gasteiger partial charge in [0.05, 0.1) is 20.4 Å². The van der Waals surface area contributed by atoms with E-state index in [2.05, 4.69) is 10.2 Å². The first-order valence-electron chi connectivity index (χ1n) is 9.57. The van der Waals surface area contributed by atoms with Gasteiger partial charge in [-0.2, -0.15) is 5.10 Å². The average molecular weight is 392 g/mol. The summed E-state index contributed by atoms with van der Waals surface area (Å²) in [7, 11) is 3.30. The highest BCUT2D eigenvalue weighted by Crippen LogP contribution is 2.34. The summed E-state index contributed by atoms with van der Waals surface area (Å²) in [5.41, 5.74) is 3.82. The highest BCUT2D eigenvalue weighted by atomic mass is 16.5. The predicted octanol–water partition coefficient (Wildman–Crippen LogP) is 3.58. The number of methoxy groups -OCH3 is 2. The van der Waals surface area contributed by atoms with Gasteiger partial charge < -0.3 is 14.4 Å². The Labute approximate surface area is 169 Å². The lowest BCUT2D eigenvalue weighted by molar-refractivity contribution is 0.221. The molecule has 0 spiro atoms. The number of benzene rings is 2. The number of para-hydroxylation sites is 1. The molecule has 4 rings (SSSR count). The molecule has 7 heteroatoms. The van der Waals surface area contributed by atoms with Gasteiger partial charge >= 0.3 is 6.03 Å². The van der Waals surface area contributed by atoms with Crippen LogP contribution in [0.4, 0.5) is 10.5 Å². The molecule has 0 aliphatic carbocycles. The third-order valence-corrected chi connectivity index (χ3v) is 5.24. The highest BCUT2D eigenvalue weighted by Gasteiger charge is 2.30. The molecule has 2 aromatic carbocycles. The molecule has 150 valence electrons. The van der Waals surface area contributed by atoms with Crippen LogP contribution in [0.2, 0.25) is 0 Å². The summed E-state index contributed by atoms with van der Waals surface area (Å²) < 4.78 is 11.0. The zero-order valence-electron chi connectivity index (χ0n) is 16.6. The number of anilines is 1. The Morgan fingerprint density at radius 1 is 1.07 bits per heavy atom. The van der Waals surface area contributed by atoms with Crippen molar-refractivity contribution in [1.29, 1.82) is 0 Å². The van der Waals surface area contributed by atoms with Gasteiger partial charge in [-0.05, 0) is 30.2 Å². The average Bonchev–Trinajstić information content (AvgIpc) is 3.42. The lowest BCUT2D eigenvalue weighted by Crippen LogP contribution is -2.33. The Balaban J connectivity index is 1.47. The van der Waals surface area contributed by atoms with Crippen molar-refractivity contribution >= 4 is 11.7 Å². The molecule has 29 heavy (non-hydrogen) atoms. The molecule has 2 heterocycles. The lowest BCUT2D eigenvalue weighted by atomic mass is 10.1. The van der Waals surface area contributed by atoms with Gasteiger partial charge in [0, 0.05) is 48.7 Å². The Bertz CT molecular complexity index is 987. The molecule has 0 saturated carbocycles. The van der Waals surface area contributed by atoms with Crippen molar-refractivity contribution in [2.75, 3.05) is 38.8 Å². The molecule has 3 aromatic rings. The number of hydrogen-bond acceptors (Lipinski definition) is 4. The molecule has 0 radical (unpaired) electrons. The molecule has 1 aromatic heterocycles. The minimum absolute atomic E-state index is 0.0120. The molecule has 1 aliphatic rings. The molecular formula is C22H24N4O3. The van der Waals surface area contributed by atoms with Crippen molar-refractivity contribution in [3.63, 3.8) is 0 Å². The maximum absolute atomic E-state index is 13.0. The van der Waals surface area contributed by atoms with Crippen LogP contribution >= 0.6 is 0 Å². The molecule has 1 N–H and O–H groups in total. The van der Waals surface area contributed by atoms with Crippen LogP contribution in [0.15, 0.2) is 54.9 Å². The third kappa shape index (κ3) is 3.76. The number of aromatic nitrogens is 2. The van der Waals surface area contributed by atoms with Crippen LogP contribution in [0.5, 0.6) is 11.5 Å². The van der Waals surface area contributed by atoms with Crippen molar-refractivity contribution in [2.45, 2.75) is 6.42 Å². The normalized spacial score (nSPS) is 13.8. The minimum atomic E-state index is 0.0120. The van der Waals surface area contributed by atoms with Crippen LogP contribution in [0.1, 0.15) is 5.56 Å². The Morgan fingerprint density at radius 2 is 1.90 bits per heavy atom. The molecular weight excluding hydrogens is 368 g/mol. The van der Waals surface area contributed by atoms with E-state index in [9.17, 15) is 4.79 Å². The Kier molecular flexibility index (Phi) is 5.37. The molecule has 1 saturated heterocycles. The molecule has 7 nitrogen and oxygen atoms in total. The Hall–Kier alpha value is -3.48. The van der Waals surface area contributed by atoms with Gasteiger partial charge in [0.2, 0.25) is 0 Å². The monoisotopic (exact) mass is 392 g/mol. The summed E-state index contributed by atoms with van der Waals surface area (Å²) >= 11 is 0. The van der Waals surface area contributed by atoms with E-state index < -0.39 is 0 Å². The SMILES string of the molecule is COc1ccccc1CCN1CCN(c2ccc(-c3cn[nH]c3)c(OC)c2)C1=O. The quantitative estimate of drug-likeness (QED) is 0.667. The van der Waals surface area contributed by atoms with Gasteiger partial charge in [-0.3, -0.25) is 10.00 Å². The largest absolute Gasteiger partial charge is 0.496 e. The van der Waals surface area contributed by atoms with Gasteiger partial charge in [0.1, 0.15) is 11.5 Å². The lowest BCUT2D eigenvalue weighted by Gasteiger charge is -2.20. The van der Waals surface area contributed by atoms with E-state index in [1.54, 1.807) is 25.3 Å². The zero-order valence-corrected chi connectivity index (χ0v) is 16.6. The first-order valence-corrected chi connectivity index (χ1v) is 9.57. The summed E-state index contributed by atoms with van der Waals surface area (Å²) in [6.45, 7) is 2.00. The summed E-state index contributed by atoms with van der Waals surface area (Å²) in [5, 5.41) is 6.80. The number of hydrogen-bond donors (Lipinski definition) is 1. The summed E-state index contributed by atoms with van der Waals surface area (Å²) in [6.07, 6.45) is 4.32. The van der Waals surface area contributed by atoms with Gasteiger partial charge in [-0.15, -0.1) is 0 Å². The number of carbonyl (C=O) groups excluding carboxylic acids is 1. The number of rotatable bonds is 7. The highest BCUT2D eigenvalue weighted by molar-refractivity contribution is 5.95. The first-order chi connectivity index (χ1) is 14.2. The topological polar surface area (TPSA) is 70.7 Å². The van der Waals surface area contributed by atoms with E-state index >= 15 is 0 Å². The summed E-state index contributed by atoms with van der Waals surface area (Å²) in [4.78, 5) is 16.6. The second-order valence-electron chi connectivity index (χ2n) is 6.85. The van der Waals surface area contributed by atoms with Gasteiger partial charge in [0.15, 0.2) is 0 Å². The minimum Gasteiger partial charge on any atom is -0.496 e. The smallest absolute Gasteiger partial charge is 0.324 e. The van der Waals surface area contributed by atoms with E-state index in [1.165, 1.54) is 0 Å². The summed E-state index contributed by atoms with van der Waals surface area (Å²) in [5.74, 6) is 1.57. The fourth-order valence-electron chi connectivity index (χ4n) is 3.68. The molecule has 1 aliphatic heterocycles. The van der Waals surface area contributed by atoms with E-state index in [0.717, 1.165) is 34.5 Å². The van der Waals surface area contributed by atoms with Crippen molar-refractivity contribution < 1.29 is 14.3 Å². The van der Waals surface area contributed by atoms with Crippen LogP contribution in [0.3, 0.4) is 0 Å². The van der Waals surface area contributed by atoms with E-state index in [0.29, 0.717) is 25.4 Å². The predicted molar refractivity (Wildman–Crippen MR) is 112 cm³/mol. The van der Waals surface area contributed by atoms with Crippen molar-refractivity contribution in [2.24, 2.45) is 0 Å². The zero-order chi connectivity index (χ0) is 20.2. The van der Waals surface area contributed by atoms with E-state index in [1.807, 2.05) is 53.6 Å². The van der Waals surface area contributed by atoms with Crippen LogP contribution in [0.25, 0.3) is 11.1 Å². The first kappa shape index (κ1) is 18.9. The standard InChI is InChI=1S/C22H24N4O3/c1-28-20-6-4-3-5-16(20)9-10-25-11-12-26(22(25)27)18-7-8-19(21(13-18)29-2)17-14-23-24-15-17/h3-8,13-15H,9-12H2,1-2H3,(H,23,24). The molecule has 0 bridgehead atoms. The number of ether oxygens (including phenoxy) is 2. The molecule has 0 atom stereocenters. The van der Waals surface area contributed by atoms with Crippen LogP contribution in [0, 0.1) is 0 Å². The van der Waals surface area contributed by atoms with Gasteiger partial charge in [0.25, 0.3) is 0 Å². The fraction of sp³-hybridized carbons (Fsp3) is 0.273. The number of nitrogens with one attached hydrogen (secondary N) is 1. The maximum Gasteiger partial charge on any atom is 0.324 e. The van der Waals surface area contributed by atoms with E-state index in [-0.39, 0.29) is 6.03 Å². The van der Waals surface area contributed by atoms with Crippen molar-refractivity contribution in [3.05, 3.63) is 60.4 Å². The number of urea groups is 1. The number of H-pyrrole nitrogens is 1. The number of nitrogens with zero attached hydrogens (tertiary/aromatic N) is 3. The fourth-order valence-corrected chi connectivity index (χ4v) is 3.68. The van der Waals surface area contributed by atoms with Crippen LogP contribution in [-0.4, -0.2) is 55.0 Å². The molecule has 0 unspecified atom stereocenters. The second kappa shape index (κ2) is 8.26. The van der Waals surface area contributed by atoms with Crippen LogP contribution in [-0.2, 0) is 6.42 Å². The third-order valence-electron chi connectivity index (χ3n) is 5.24. The molecule has 1 fully saturated rings. The Morgan fingerprint density at radius 3 is 2.66 bits per heavy atom. The second-order valence-corrected chi connectivity index (χ2v) is 6.85. The number of amides is 2. The van der Waals surface area contributed by atoms with Crippen molar-refractivity contribution in [3.8, 4) is 22.6 Å². The molecule has 2 amide bonds.